The van der Waals surface area contributed by atoms with Crippen molar-refractivity contribution in [2.24, 2.45) is 11.1 Å². The molecule has 1 unspecified atom stereocenters. The van der Waals surface area contributed by atoms with Crippen molar-refractivity contribution >= 4 is 14.0 Å². The standard InChI is InChI=1S/C16H30N2OSi/c1-20(2,3)19-18-16-12-10-8-6-4-5-7-9-11-15(13-16)14-17/h15H,4-13H2,1-3H3. The fraction of sp³-hybridized carbons (Fsp3) is 0.875. The summed E-state index contributed by atoms with van der Waals surface area (Å²) in [6, 6.07) is 2.46. The van der Waals surface area contributed by atoms with Crippen LogP contribution < -0.4 is 0 Å². The molecule has 0 bridgehead atoms. The molecule has 0 saturated heterocycles. The van der Waals surface area contributed by atoms with Gasteiger partial charge in [0.1, 0.15) is 0 Å². The lowest BCUT2D eigenvalue weighted by atomic mass is 9.93. The zero-order chi connectivity index (χ0) is 14.8. The Hall–Kier alpha value is -0.823. The highest BCUT2D eigenvalue weighted by Gasteiger charge is 2.18. The normalized spacial score (nSPS) is 25.3. The zero-order valence-corrected chi connectivity index (χ0v) is 14.5. The van der Waals surface area contributed by atoms with Crippen LogP contribution in [0.15, 0.2) is 5.16 Å². The number of nitriles is 1. The highest BCUT2D eigenvalue weighted by Crippen LogP contribution is 2.20. The van der Waals surface area contributed by atoms with E-state index >= 15 is 0 Å². The highest BCUT2D eigenvalue weighted by molar-refractivity contribution is 6.69. The summed E-state index contributed by atoms with van der Waals surface area (Å²) < 4.78 is 5.70. The van der Waals surface area contributed by atoms with Crippen LogP contribution in [0.3, 0.4) is 0 Å². The molecule has 0 heterocycles. The Morgan fingerprint density at radius 3 is 2.25 bits per heavy atom. The number of nitrogens with zero attached hydrogens (tertiary/aromatic N) is 2. The van der Waals surface area contributed by atoms with Crippen LogP contribution >= 0.6 is 0 Å². The Bertz CT molecular complexity index is 341. The van der Waals surface area contributed by atoms with Gasteiger partial charge in [-0.3, -0.25) is 0 Å². The molecule has 1 aliphatic carbocycles. The molecule has 0 aliphatic heterocycles. The molecule has 0 amide bonds. The molecule has 1 aliphatic rings. The van der Waals surface area contributed by atoms with E-state index in [2.05, 4.69) is 30.9 Å². The van der Waals surface area contributed by atoms with Crippen LogP contribution in [-0.4, -0.2) is 14.0 Å². The Morgan fingerprint density at radius 1 is 1.05 bits per heavy atom. The van der Waals surface area contributed by atoms with Crippen LogP contribution in [0.4, 0.5) is 0 Å². The van der Waals surface area contributed by atoms with E-state index in [1.807, 2.05) is 0 Å². The van der Waals surface area contributed by atoms with Crippen LogP contribution in [0.1, 0.15) is 64.2 Å². The van der Waals surface area contributed by atoms with Gasteiger partial charge in [-0.05, 0) is 38.9 Å². The monoisotopic (exact) mass is 294 g/mol. The quantitative estimate of drug-likeness (QED) is 0.516. The largest absolute Gasteiger partial charge is 0.456 e. The Balaban J connectivity index is 2.63. The van der Waals surface area contributed by atoms with Crippen molar-refractivity contribution in [3.63, 3.8) is 0 Å². The number of rotatable bonds is 2. The van der Waals surface area contributed by atoms with Gasteiger partial charge in [0, 0.05) is 6.42 Å². The van der Waals surface area contributed by atoms with Gasteiger partial charge in [0.2, 0.25) is 0 Å². The van der Waals surface area contributed by atoms with Gasteiger partial charge >= 0.3 is 0 Å². The molecule has 114 valence electrons. The third kappa shape index (κ3) is 8.37. The van der Waals surface area contributed by atoms with Crippen molar-refractivity contribution in [2.45, 2.75) is 83.8 Å². The lowest BCUT2D eigenvalue weighted by molar-refractivity contribution is 0.330. The maximum Gasteiger partial charge on any atom is 0.278 e. The minimum absolute atomic E-state index is 0.124. The van der Waals surface area contributed by atoms with Crippen molar-refractivity contribution < 1.29 is 4.53 Å². The third-order valence-corrected chi connectivity index (χ3v) is 4.27. The molecule has 1 rings (SSSR count). The summed E-state index contributed by atoms with van der Waals surface area (Å²) in [6.07, 6.45) is 11.8. The van der Waals surface area contributed by atoms with E-state index in [4.69, 9.17) is 4.53 Å². The summed E-state index contributed by atoms with van der Waals surface area (Å²) in [5.41, 5.74) is 1.11. The molecule has 0 spiro atoms. The maximum atomic E-state index is 9.30. The average Bonchev–Trinajstić information content (AvgIpc) is 2.37. The topological polar surface area (TPSA) is 45.4 Å². The second-order valence-corrected chi connectivity index (χ2v) is 11.3. The van der Waals surface area contributed by atoms with Gasteiger partial charge in [0.25, 0.3) is 8.32 Å². The number of oxime groups is 1. The van der Waals surface area contributed by atoms with Crippen LogP contribution in [0.2, 0.25) is 19.6 Å². The first-order chi connectivity index (χ1) is 9.51. The number of hydrogen-bond acceptors (Lipinski definition) is 3. The van der Waals surface area contributed by atoms with E-state index in [-0.39, 0.29) is 5.92 Å². The molecule has 1 saturated carbocycles. The fourth-order valence-corrected chi connectivity index (χ4v) is 2.89. The van der Waals surface area contributed by atoms with Gasteiger partial charge in [-0.2, -0.15) is 5.26 Å². The molecule has 3 nitrogen and oxygen atoms in total. The first-order valence-electron chi connectivity index (χ1n) is 8.15. The molecule has 20 heavy (non-hydrogen) atoms. The zero-order valence-electron chi connectivity index (χ0n) is 13.5. The predicted octanol–water partition coefficient (Wildman–Crippen LogP) is 5.25. The van der Waals surface area contributed by atoms with Crippen molar-refractivity contribution in [3.8, 4) is 6.07 Å². The summed E-state index contributed by atoms with van der Waals surface area (Å²) in [5, 5.41) is 13.7. The molecule has 1 atom stereocenters. The van der Waals surface area contributed by atoms with Gasteiger partial charge in [0.05, 0.1) is 17.7 Å². The van der Waals surface area contributed by atoms with Gasteiger partial charge in [-0.15, -0.1) is 5.16 Å². The van der Waals surface area contributed by atoms with E-state index in [1.165, 1.54) is 44.9 Å². The average molecular weight is 295 g/mol. The summed E-state index contributed by atoms with van der Waals surface area (Å²) in [7, 11) is -1.61. The van der Waals surface area contributed by atoms with Crippen LogP contribution in [0.5, 0.6) is 0 Å². The Kier molecular flexibility index (Phi) is 7.90. The molecule has 1 fully saturated rings. The predicted molar refractivity (Wildman–Crippen MR) is 87.1 cm³/mol. The number of hydrogen-bond donors (Lipinski definition) is 0. The van der Waals surface area contributed by atoms with E-state index < -0.39 is 8.32 Å². The molecular weight excluding hydrogens is 264 g/mol. The van der Waals surface area contributed by atoms with Gasteiger partial charge in [-0.25, -0.2) is 0 Å². The van der Waals surface area contributed by atoms with Crippen molar-refractivity contribution in [1.29, 1.82) is 5.26 Å². The first-order valence-corrected chi connectivity index (χ1v) is 11.6. The molecule has 0 aromatic heterocycles. The smallest absolute Gasteiger partial charge is 0.278 e. The molecule has 0 aromatic carbocycles. The summed E-state index contributed by atoms with van der Waals surface area (Å²) in [5.74, 6) is 0.124. The minimum Gasteiger partial charge on any atom is -0.456 e. The minimum atomic E-state index is -1.61. The lowest BCUT2D eigenvalue weighted by Gasteiger charge is -2.17. The SMILES string of the molecule is C[Si](C)(C)ON=C1CCCCCCCCCC(C#N)C1. The first kappa shape index (κ1) is 17.2. The van der Waals surface area contributed by atoms with E-state index in [0.717, 1.165) is 25.0 Å². The van der Waals surface area contributed by atoms with Crippen LogP contribution in [0.25, 0.3) is 0 Å². The summed E-state index contributed by atoms with van der Waals surface area (Å²) >= 11 is 0. The summed E-state index contributed by atoms with van der Waals surface area (Å²) in [6.45, 7) is 6.44. The van der Waals surface area contributed by atoms with Gasteiger partial charge in [-0.1, -0.05) is 38.5 Å². The van der Waals surface area contributed by atoms with Crippen molar-refractivity contribution in [2.75, 3.05) is 0 Å². The molecule has 0 radical (unpaired) electrons. The molecule has 0 N–H and O–H groups in total. The van der Waals surface area contributed by atoms with E-state index in [1.54, 1.807) is 0 Å². The fourth-order valence-electron chi connectivity index (χ4n) is 2.49. The third-order valence-electron chi connectivity index (χ3n) is 3.63. The van der Waals surface area contributed by atoms with Gasteiger partial charge < -0.3 is 4.53 Å². The Labute approximate surface area is 125 Å². The van der Waals surface area contributed by atoms with Gasteiger partial charge in [0.15, 0.2) is 0 Å². The van der Waals surface area contributed by atoms with Crippen molar-refractivity contribution in [3.05, 3.63) is 0 Å². The second-order valence-electron chi connectivity index (χ2n) is 6.90. The van der Waals surface area contributed by atoms with Crippen LogP contribution in [0, 0.1) is 17.2 Å². The van der Waals surface area contributed by atoms with E-state index in [9.17, 15) is 5.26 Å². The Morgan fingerprint density at radius 2 is 1.65 bits per heavy atom. The molecular formula is C16H30N2OSi. The lowest BCUT2D eigenvalue weighted by Crippen LogP contribution is -2.23. The second kappa shape index (κ2) is 9.18. The van der Waals surface area contributed by atoms with Crippen molar-refractivity contribution in [1.82, 2.24) is 0 Å². The molecule has 0 aromatic rings. The summed E-state index contributed by atoms with van der Waals surface area (Å²) in [4.78, 5) is 0. The molecule has 4 heteroatoms. The van der Waals surface area contributed by atoms with Crippen LogP contribution in [-0.2, 0) is 4.53 Å². The highest BCUT2D eigenvalue weighted by atomic mass is 28.4. The maximum absolute atomic E-state index is 9.30. The van der Waals surface area contributed by atoms with E-state index in [0.29, 0.717) is 0 Å².